The van der Waals surface area contributed by atoms with Crippen molar-refractivity contribution in [1.82, 2.24) is 15.1 Å². The zero-order valence-electron chi connectivity index (χ0n) is 17.3. The SMILES string of the molecule is COc1ccccc1NC(=O)CCCc1nc(-c2cc3cc(C)ccc3[nH]c2=O)no1. The van der Waals surface area contributed by atoms with Crippen LogP contribution in [0.4, 0.5) is 5.69 Å². The number of fused-ring (bicyclic) bond motifs is 1. The number of hydrogen-bond donors (Lipinski definition) is 2. The van der Waals surface area contributed by atoms with Crippen LogP contribution in [0.25, 0.3) is 22.3 Å². The Kier molecular flexibility index (Phi) is 5.79. The van der Waals surface area contributed by atoms with Gasteiger partial charge in [-0.25, -0.2) is 0 Å². The Morgan fingerprint density at radius 2 is 2.03 bits per heavy atom. The van der Waals surface area contributed by atoms with Crippen molar-refractivity contribution in [1.29, 1.82) is 0 Å². The summed E-state index contributed by atoms with van der Waals surface area (Å²) in [7, 11) is 1.56. The van der Waals surface area contributed by atoms with E-state index in [0.717, 1.165) is 16.5 Å². The summed E-state index contributed by atoms with van der Waals surface area (Å²) in [6.07, 6.45) is 1.23. The van der Waals surface area contributed by atoms with Gasteiger partial charge in [0.2, 0.25) is 17.6 Å². The lowest BCUT2D eigenvalue weighted by atomic mass is 10.1. The summed E-state index contributed by atoms with van der Waals surface area (Å²) >= 11 is 0. The molecular weight excluding hydrogens is 396 g/mol. The van der Waals surface area contributed by atoms with Gasteiger partial charge in [0.25, 0.3) is 5.56 Å². The van der Waals surface area contributed by atoms with Crippen LogP contribution in [-0.4, -0.2) is 28.1 Å². The number of benzene rings is 2. The van der Waals surface area contributed by atoms with Crippen LogP contribution in [0.2, 0.25) is 0 Å². The summed E-state index contributed by atoms with van der Waals surface area (Å²) in [6, 6.07) is 14.8. The van der Waals surface area contributed by atoms with Crippen molar-refractivity contribution >= 4 is 22.5 Å². The monoisotopic (exact) mass is 418 g/mol. The number of anilines is 1. The third kappa shape index (κ3) is 4.63. The molecular formula is C23H22N4O4. The molecule has 0 aliphatic heterocycles. The third-order valence-corrected chi connectivity index (χ3v) is 4.88. The van der Waals surface area contributed by atoms with Gasteiger partial charge >= 0.3 is 0 Å². The van der Waals surface area contributed by atoms with E-state index in [9.17, 15) is 9.59 Å². The lowest BCUT2D eigenvalue weighted by Gasteiger charge is -2.09. The highest BCUT2D eigenvalue weighted by Crippen LogP contribution is 2.23. The second-order valence-electron chi connectivity index (χ2n) is 7.22. The molecule has 2 aromatic heterocycles. The molecule has 0 spiro atoms. The van der Waals surface area contributed by atoms with Crippen molar-refractivity contribution in [3.63, 3.8) is 0 Å². The Bertz CT molecular complexity index is 1290. The molecule has 0 unspecified atom stereocenters. The quantitative estimate of drug-likeness (QED) is 0.472. The van der Waals surface area contributed by atoms with Crippen LogP contribution in [0, 0.1) is 6.92 Å². The van der Waals surface area contributed by atoms with Gasteiger partial charge in [-0.2, -0.15) is 4.98 Å². The fraction of sp³-hybridized carbons (Fsp3) is 0.217. The van der Waals surface area contributed by atoms with Crippen LogP contribution in [0.3, 0.4) is 0 Å². The van der Waals surface area contributed by atoms with Gasteiger partial charge in [-0.1, -0.05) is 28.9 Å². The van der Waals surface area contributed by atoms with E-state index in [1.165, 1.54) is 0 Å². The van der Waals surface area contributed by atoms with Crippen LogP contribution in [0.5, 0.6) is 5.75 Å². The average molecular weight is 418 g/mol. The topological polar surface area (TPSA) is 110 Å². The van der Waals surface area contributed by atoms with Crippen molar-refractivity contribution in [2.75, 3.05) is 12.4 Å². The molecule has 2 N–H and O–H groups in total. The van der Waals surface area contributed by atoms with Gasteiger partial charge in [0, 0.05) is 18.4 Å². The average Bonchev–Trinajstić information content (AvgIpc) is 3.22. The van der Waals surface area contributed by atoms with Gasteiger partial charge in [-0.3, -0.25) is 9.59 Å². The van der Waals surface area contributed by atoms with Gasteiger partial charge in [-0.05, 0) is 49.1 Å². The number of rotatable bonds is 7. The maximum Gasteiger partial charge on any atom is 0.259 e. The summed E-state index contributed by atoms with van der Waals surface area (Å²) in [5, 5.41) is 7.67. The van der Waals surface area contributed by atoms with Crippen LogP contribution in [-0.2, 0) is 11.2 Å². The maximum absolute atomic E-state index is 12.4. The summed E-state index contributed by atoms with van der Waals surface area (Å²) in [4.78, 5) is 31.8. The van der Waals surface area contributed by atoms with Crippen molar-refractivity contribution < 1.29 is 14.1 Å². The molecule has 31 heavy (non-hydrogen) atoms. The molecule has 1 amide bonds. The minimum atomic E-state index is -0.278. The minimum absolute atomic E-state index is 0.134. The molecule has 158 valence electrons. The number of aryl methyl sites for hydroxylation is 2. The molecule has 0 saturated carbocycles. The first-order valence-corrected chi connectivity index (χ1v) is 9.93. The van der Waals surface area contributed by atoms with Gasteiger partial charge in [0.15, 0.2) is 0 Å². The fourth-order valence-electron chi connectivity index (χ4n) is 3.32. The molecule has 0 fully saturated rings. The first-order valence-electron chi connectivity index (χ1n) is 9.93. The van der Waals surface area contributed by atoms with Crippen molar-refractivity contribution in [3.05, 3.63) is 70.3 Å². The van der Waals surface area contributed by atoms with Crippen molar-refractivity contribution in [3.8, 4) is 17.1 Å². The van der Waals surface area contributed by atoms with Crippen LogP contribution in [0.1, 0.15) is 24.3 Å². The lowest BCUT2D eigenvalue weighted by molar-refractivity contribution is -0.116. The third-order valence-electron chi connectivity index (χ3n) is 4.88. The van der Waals surface area contributed by atoms with Gasteiger partial charge in [0.1, 0.15) is 5.75 Å². The maximum atomic E-state index is 12.4. The van der Waals surface area contributed by atoms with Crippen LogP contribution >= 0.6 is 0 Å². The largest absolute Gasteiger partial charge is 0.495 e. The smallest absolute Gasteiger partial charge is 0.259 e. The molecule has 4 aromatic rings. The van der Waals surface area contributed by atoms with Crippen molar-refractivity contribution in [2.45, 2.75) is 26.2 Å². The number of methoxy groups -OCH3 is 1. The number of para-hydroxylation sites is 2. The molecule has 0 bridgehead atoms. The summed E-state index contributed by atoms with van der Waals surface area (Å²) in [5.41, 5.74) is 2.54. The Balaban J connectivity index is 1.39. The number of H-pyrrole nitrogens is 1. The Labute approximate surface area is 178 Å². The summed E-state index contributed by atoms with van der Waals surface area (Å²) < 4.78 is 10.5. The van der Waals surface area contributed by atoms with E-state index in [1.54, 1.807) is 25.3 Å². The van der Waals surface area contributed by atoms with Crippen molar-refractivity contribution in [2.24, 2.45) is 0 Å². The lowest BCUT2D eigenvalue weighted by Crippen LogP contribution is -2.12. The summed E-state index contributed by atoms with van der Waals surface area (Å²) in [6.45, 7) is 1.99. The number of hydrogen-bond acceptors (Lipinski definition) is 6. The predicted molar refractivity (Wildman–Crippen MR) is 117 cm³/mol. The Morgan fingerprint density at radius 1 is 1.19 bits per heavy atom. The predicted octanol–water partition coefficient (Wildman–Crippen LogP) is 3.86. The molecule has 0 aliphatic carbocycles. The zero-order chi connectivity index (χ0) is 21.8. The Morgan fingerprint density at radius 3 is 2.87 bits per heavy atom. The number of amides is 1. The van der Waals surface area contributed by atoms with Gasteiger partial charge in [0.05, 0.1) is 18.4 Å². The first kappa shape index (κ1) is 20.3. The second-order valence-corrected chi connectivity index (χ2v) is 7.22. The molecule has 0 radical (unpaired) electrons. The number of nitrogens with zero attached hydrogens (tertiary/aromatic N) is 2. The number of ether oxygens (including phenoxy) is 1. The molecule has 2 aromatic carbocycles. The van der Waals surface area contributed by atoms with E-state index in [2.05, 4.69) is 20.4 Å². The number of aromatic nitrogens is 3. The van der Waals surface area contributed by atoms with Gasteiger partial charge < -0.3 is 19.6 Å². The molecule has 8 nitrogen and oxygen atoms in total. The van der Waals surface area contributed by atoms with E-state index in [4.69, 9.17) is 9.26 Å². The van der Waals surface area contributed by atoms with E-state index >= 15 is 0 Å². The normalized spacial score (nSPS) is 10.9. The highest BCUT2D eigenvalue weighted by Gasteiger charge is 2.14. The molecule has 4 rings (SSSR count). The van der Waals surface area contributed by atoms with E-state index in [0.29, 0.717) is 35.7 Å². The van der Waals surface area contributed by atoms with E-state index < -0.39 is 0 Å². The second kappa shape index (κ2) is 8.83. The number of carbonyl (C=O) groups is 1. The van der Waals surface area contributed by atoms with Gasteiger partial charge in [-0.15, -0.1) is 0 Å². The van der Waals surface area contributed by atoms with Crippen LogP contribution < -0.4 is 15.6 Å². The van der Waals surface area contributed by atoms with E-state index in [1.807, 2.05) is 37.3 Å². The first-order chi connectivity index (χ1) is 15.0. The molecule has 0 saturated heterocycles. The highest BCUT2D eigenvalue weighted by atomic mass is 16.5. The Hall–Kier alpha value is -3.94. The molecule has 0 atom stereocenters. The standard InChI is InChI=1S/C23H22N4O4/c1-14-10-11-17-15(12-14)13-16(23(29)25-17)22-26-21(31-27-22)9-5-8-20(28)24-18-6-3-4-7-19(18)30-2/h3-4,6-7,10-13H,5,8-9H2,1-2H3,(H,24,28)(H,25,29). The fourth-order valence-corrected chi connectivity index (χ4v) is 3.32. The van der Waals surface area contributed by atoms with Crippen LogP contribution in [0.15, 0.2) is 57.8 Å². The van der Waals surface area contributed by atoms with E-state index in [-0.39, 0.29) is 23.7 Å². The minimum Gasteiger partial charge on any atom is -0.495 e. The summed E-state index contributed by atoms with van der Waals surface area (Å²) in [5.74, 6) is 1.08. The number of nitrogens with one attached hydrogen (secondary N) is 2. The molecule has 8 heteroatoms. The number of carbonyl (C=O) groups excluding carboxylic acids is 1. The highest BCUT2D eigenvalue weighted by molar-refractivity contribution is 5.92. The molecule has 0 aliphatic rings. The molecule has 2 heterocycles. The number of pyridine rings is 1. The number of aromatic amines is 1. The zero-order valence-corrected chi connectivity index (χ0v) is 17.3.